The zero-order valence-corrected chi connectivity index (χ0v) is 16.5. The molecule has 0 aromatic heterocycles. The topological polar surface area (TPSA) is 55.1 Å². The summed E-state index contributed by atoms with van der Waals surface area (Å²) in [7, 11) is 0. The maximum absolute atomic E-state index is 12.0. The molecule has 0 aliphatic rings. The number of halogens is 2. The van der Waals surface area contributed by atoms with Gasteiger partial charge in [-0.3, -0.25) is 4.79 Å². The van der Waals surface area contributed by atoms with Gasteiger partial charge in [0.25, 0.3) is 0 Å². The summed E-state index contributed by atoms with van der Waals surface area (Å²) in [4.78, 5) is 13.2. The molecule has 0 saturated heterocycles. The molecule has 2 aromatic carbocycles. The predicted molar refractivity (Wildman–Crippen MR) is 108 cm³/mol. The molecule has 0 aliphatic heterocycles. The van der Waals surface area contributed by atoms with Gasteiger partial charge in [-0.05, 0) is 52.2 Å². The Morgan fingerprint density at radius 3 is 2.46 bits per heavy atom. The van der Waals surface area contributed by atoms with E-state index in [-0.39, 0.29) is 18.3 Å². The van der Waals surface area contributed by atoms with Crippen LogP contribution in [0.25, 0.3) is 0 Å². The zero-order valence-electron chi connectivity index (χ0n) is 13.3. The molecule has 0 bridgehead atoms. The van der Waals surface area contributed by atoms with Gasteiger partial charge in [-0.2, -0.15) is 0 Å². The second kappa shape index (κ2) is 11.5. The Morgan fingerprint density at radius 2 is 1.75 bits per heavy atom. The van der Waals surface area contributed by atoms with Crippen LogP contribution < -0.4 is 11.1 Å². The van der Waals surface area contributed by atoms with Gasteiger partial charge in [-0.15, -0.1) is 24.2 Å². The van der Waals surface area contributed by atoms with E-state index in [0.717, 1.165) is 28.6 Å². The Labute approximate surface area is 162 Å². The van der Waals surface area contributed by atoms with Crippen LogP contribution in [0.2, 0.25) is 0 Å². The summed E-state index contributed by atoms with van der Waals surface area (Å²) in [6.07, 6.45) is 2.00. The van der Waals surface area contributed by atoms with E-state index in [1.165, 1.54) is 4.90 Å². The molecule has 3 N–H and O–H groups in total. The quantitative estimate of drug-likeness (QED) is 0.478. The number of amides is 1. The zero-order chi connectivity index (χ0) is 16.5. The molecule has 0 fully saturated rings. The fourth-order valence-corrected chi connectivity index (χ4v) is 3.68. The minimum Gasteiger partial charge on any atom is -0.354 e. The minimum absolute atomic E-state index is 0. The third-order valence-electron chi connectivity index (χ3n) is 3.41. The summed E-state index contributed by atoms with van der Waals surface area (Å²) in [6.45, 7) is 0.663. The largest absolute Gasteiger partial charge is 0.354 e. The maximum Gasteiger partial charge on any atom is 0.241 e. The number of nitrogens with two attached hydrogens (primary N) is 1. The van der Waals surface area contributed by atoms with Gasteiger partial charge in [-0.1, -0.05) is 42.5 Å². The third-order valence-corrected chi connectivity index (χ3v) is 5.52. The number of hydrogen-bond acceptors (Lipinski definition) is 3. The van der Waals surface area contributed by atoms with Crippen molar-refractivity contribution in [3.63, 3.8) is 0 Å². The highest BCUT2D eigenvalue weighted by Crippen LogP contribution is 2.27. The Hall–Kier alpha value is -1.01. The number of carbonyl (C=O) groups is 1. The first-order valence-electron chi connectivity index (χ1n) is 7.64. The van der Waals surface area contributed by atoms with Gasteiger partial charge in [0.05, 0.1) is 0 Å². The molecule has 1 amide bonds. The molecular formula is C18H22BrClN2OS. The lowest BCUT2D eigenvalue weighted by Gasteiger charge is -2.12. The summed E-state index contributed by atoms with van der Waals surface area (Å²) < 4.78 is 1.13. The Morgan fingerprint density at radius 1 is 1.08 bits per heavy atom. The molecule has 2 rings (SSSR count). The first-order valence-corrected chi connectivity index (χ1v) is 9.42. The molecule has 0 radical (unpaired) electrons. The number of carbonyl (C=O) groups excluding carboxylic acids is 1. The van der Waals surface area contributed by atoms with Crippen LogP contribution in [0.15, 0.2) is 64.0 Å². The lowest BCUT2D eigenvalue weighted by atomic mass is 10.1. The van der Waals surface area contributed by atoms with Crippen molar-refractivity contribution in [2.75, 3.05) is 12.3 Å². The standard InChI is InChI=1S/C18H21BrN2OS.ClH/c19-15-10-4-5-11-16(15)23-13-7-6-12-21-18(22)17(20)14-8-2-1-3-9-14;/h1-5,8-11,17H,6-7,12-13,20H2,(H,21,22);1H. The first-order chi connectivity index (χ1) is 11.2. The fourth-order valence-electron chi connectivity index (χ4n) is 2.10. The van der Waals surface area contributed by atoms with E-state index in [4.69, 9.17) is 5.73 Å². The SMILES string of the molecule is Cl.NC(C(=O)NCCCCSc1ccccc1Br)c1ccccc1. The van der Waals surface area contributed by atoms with E-state index < -0.39 is 6.04 Å². The van der Waals surface area contributed by atoms with Crippen LogP contribution >= 0.6 is 40.1 Å². The number of unbranched alkanes of at least 4 members (excludes halogenated alkanes) is 1. The van der Waals surface area contributed by atoms with Gasteiger partial charge in [0.15, 0.2) is 0 Å². The van der Waals surface area contributed by atoms with E-state index in [0.29, 0.717) is 6.54 Å². The van der Waals surface area contributed by atoms with E-state index in [9.17, 15) is 4.79 Å². The summed E-state index contributed by atoms with van der Waals surface area (Å²) in [5.74, 6) is 0.915. The van der Waals surface area contributed by atoms with Crippen LogP contribution in [0.3, 0.4) is 0 Å². The van der Waals surface area contributed by atoms with Crippen molar-refractivity contribution in [2.45, 2.75) is 23.8 Å². The molecule has 3 nitrogen and oxygen atoms in total. The highest BCUT2D eigenvalue weighted by Gasteiger charge is 2.14. The fraction of sp³-hybridized carbons (Fsp3) is 0.278. The van der Waals surface area contributed by atoms with Crippen LogP contribution in [-0.2, 0) is 4.79 Å². The van der Waals surface area contributed by atoms with Crippen molar-refractivity contribution in [2.24, 2.45) is 5.73 Å². The van der Waals surface area contributed by atoms with Gasteiger partial charge in [0, 0.05) is 15.9 Å². The Bertz CT molecular complexity index is 627. The first kappa shape index (κ1) is 21.0. The number of benzene rings is 2. The Balaban J connectivity index is 0.00000288. The maximum atomic E-state index is 12.0. The summed E-state index contributed by atoms with van der Waals surface area (Å²) in [5, 5.41) is 2.91. The summed E-state index contributed by atoms with van der Waals surface area (Å²) >= 11 is 5.37. The second-order valence-electron chi connectivity index (χ2n) is 5.17. The van der Waals surface area contributed by atoms with Crippen LogP contribution in [0.5, 0.6) is 0 Å². The molecule has 1 atom stereocenters. The Kier molecular flexibility index (Phi) is 10.1. The lowest BCUT2D eigenvalue weighted by Crippen LogP contribution is -2.34. The van der Waals surface area contributed by atoms with Crippen LogP contribution in [-0.4, -0.2) is 18.2 Å². The van der Waals surface area contributed by atoms with E-state index in [1.54, 1.807) is 0 Å². The minimum atomic E-state index is -0.592. The molecule has 0 saturated carbocycles. The van der Waals surface area contributed by atoms with Crippen LogP contribution in [0.1, 0.15) is 24.4 Å². The van der Waals surface area contributed by atoms with E-state index in [2.05, 4.69) is 27.3 Å². The smallest absolute Gasteiger partial charge is 0.241 e. The number of thioether (sulfide) groups is 1. The second-order valence-corrected chi connectivity index (χ2v) is 7.16. The molecule has 0 aliphatic carbocycles. The van der Waals surface area contributed by atoms with Crippen molar-refractivity contribution < 1.29 is 4.79 Å². The average molecular weight is 430 g/mol. The van der Waals surface area contributed by atoms with Gasteiger partial charge in [0.1, 0.15) is 6.04 Å². The molecule has 130 valence electrons. The number of rotatable bonds is 8. The van der Waals surface area contributed by atoms with Crippen LogP contribution in [0.4, 0.5) is 0 Å². The summed E-state index contributed by atoms with van der Waals surface area (Å²) in [5.41, 5.74) is 6.79. The number of nitrogens with one attached hydrogen (secondary N) is 1. The van der Waals surface area contributed by atoms with Gasteiger partial charge in [0.2, 0.25) is 5.91 Å². The summed E-state index contributed by atoms with van der Waals surface area (Å²) in [6, 6.07) is 17.1. The highest BCUT2D eigenvalue weighted by atomic mass is 79.9. The van der Waals surface area contributed by atoms with Crippen molar-refractivity contribution in [1.82, 2.24) is 5.32 Å². The molecule has 2 aromatic rings. The van der Waals surface area contributed by atoms with Crippen molar-refractivity contribution in [1.29, 1.82) is 0 Å². The highest BCUT2D eigenvalue weighted by molar-refractivity contribution is 9.10. The molecule has 0 spiro atoms. The predicted octanol–water partition coefficient (Wildman–Crippen LogP) is 4.56. The van der Waals surface area contributed by atoms with Crippen LogP contribution in [0, 0.1) is 0 Å². The third kappa shape index (κ3) is 6.85. The molecule has 24 heavy (non-hydrogen) atoms. The monoisotopic (exact) mass is 428 g/mol. The molecule has 0 heterocycles. The van der Waals surface area contributed by atoms with Crippen molar-refractivity contribution >= 4 is 46.0 Å². The van der Waals surface area contributed by atoms with Gasteiger partial charge in [-0.25, -0.2) is 0 Å². The van der Waals surface area contributed by atoms with Crippen molar-refractivity contribution in [3.8, 4) is 0 Å². The van der Waals surface area contributed by atoms with Gasteiger partial charge >= 0.3 is 0 Å². The lowest BCUT2D eigenvalue weighted by molar-refractivity contribution is -0.122. The molecule has 1 unspecified atom stereocenters. The molecule has 6 heteroatoms. The van der Waals surface area contributed by atoms with E-state index >= 15 is 0 Å². The normalized spacial score (nSPS) is 11.4. The van der Waals surface area contributed by atoms with Gasteiger partial charge < -0.3 is 11.1 Å². The van der Waals surface area contributed by atoms with E-state index in [1.807, 2.05) is 60.3 Å². The molecular weight excluding hydrogens is 408 g/mol. The average Bonchev–Trinajstić information content (AvgIpc) is 2.59. The number of hydrogen-bond donors (Lipinski definition) is 2. The van der Waals surface area contributed by atoms with Crippen molar-refractivity contribution in [3.05, 3.63) is 64.6 Å².